The topological polar surface area (TPSA) is 160 Å². The molecule has 1 aliphatic carbocycles. The molecule has 2 atom stereocenters. The normalized spacial score (nSPS) is 13.7. The zero-order chi connectivity index (χ0) is 33.6. The molecule has 0 fully saturated rings. The highest BCUT2D eigenvalue weighted by Crippen LogP contribution is 2.44. The minimum atomic E-state index is -3.81. The summed E-state index contributed by atoms with van der Waals surface area (Å²) in [5.41, 5.74) is 6.18. The highest BCUT2D eigenvalue weighted by molar-refractivity contribution is 7.89. The van der Waals surface area contributed by atoms with E-state index in [1.165, 1.54) is 14.0 Å². The van der Waals surface area contributed by atoms with Crippen molar-refractivity contribution in [2.24, 2.45) is 0 Å². The number of rotatable bonds is 14. The van der Waals surface area contributed by atoms with Crippen LogP contribution >= 0.6 is 0 Å². The van der Waals surface area contributed by atoms with Crippen LogP contribution in [-0.4, -0.2) is 63.8 Å². The quantitative estimate of drug-likeness (QED) is 0.185. The number of sulfonamides is 1. The number of fused-ring (bicyclic) bond motifs is 3. The highest BCUT2D eigenvalue weighted by Gasteiger charge is 2.30. The Morgan fingerprint density at radius 1 is 0.913 bits per heavy atom. The maximum atomic E-state index is 13.0. The standard InChI is InChI=1S/C34H41N3O8S/c1-20-18-30(44-5)21(2)22(3)31(20)46(42,43)35-17-11-10-16-29(33(39)40)37-32(38)23(4)36-34(41)45-19-28-26-14-8-6-12-24(26)25-13-7-9-15-27(25)28/h6-9,12-15,18,23,28-29,35H,10-11,16-17,19H2,1-5H3,(H,36,41)(H,37,38)(H,39,40)/t23-,29-/m0/s1. The number of hydrogen-bond donors (Lipinski definition) is 4. The lowest BCUT2D eigenvalue weighted by Gasteiger charge is -2.20. The van der Waals surface area contributed by atoms with Crippen LogP contribution in [0.15, 0.2) is 59.5 Å². The van der Waals surface area contributed by atoms with Gasteiger partial charge < -0.3 is 25.2 Å². The number of aliphatic carboxylic acids is 1. The molecule has 4 rings (SSSR count). The molecule has 4 N–H and O–H groups in total. The fourth-order valence-electron chi connectivity index (χ4n) is 5.84. The van der Waals surface area contributed by atoms with Gasteiger partial charge in [0.05, 0.1) is 12.0 Å². The van der Waals surface area contributed by atoms with E-state index in [0.717, 1.165) is 27.8 Å². The number of aryl methyl sites for hydroxylation is 1. The highest BCUT2D eigenvalue weighted by atomic mass is 32.2. The Hall–Kier alpha value is -4.42. The molecule has 0 heterocycles. The second-order valence-corrected chi connectivity index (χ2v) is 13.2. The number of hydrogen-bond acceptors (Lipinski definition) is 7. The lowest BCUT2D eigenvalue weighted by molar-refractivity contribution is -0.142. The summed E-state index contributed by atoms with van der Waals surface area (Å²) < 4.78 is 39.4. The Morgan fingerprint density at radius 2 is 1.52 bits per heavy atom. The predicted octanol–water partition coefficient (Wildman–Crippen LogP) is 4.57. The molecule has 0 bridgehead atoms. The van der Waals surface area contributed by atoms with E-state index in [-0.39, 0.29) is 30.4 Å². The van der Waals surface area contributed by atoms with Crippen LogP contribution in [0.2, 0.25) is 0 Å². The van der Waals surface area contributed by atoms with E-state index in [1.807, 2.05) is 48.5 Å². The van der Waals surface area contributed by atoms with E-state index in [4.69, 9.17) is 9.47 Å². The Kier molecular flexibility index (Phi) is 11.1. The van der Waals surface area contributed by atoms with Gasteiger partial charge in [-0.05, 0) is 92.0 Å². The predicted molar refractivity (Wildman–Crippen MR) is 173 cm³/mol. The molecule has 1 aliphatic rings. The van der Waals surface area contributed by atoms with Gasteiger partial charge in [0.1, 0.15) is 24.4 Å². The number of carbonyl (C=O) groups is 3. The van der Waals surface area contributed by atoms with Gasteiger partial charge in [-0.2, -0.15) is 0 Å². The van der Waals surface area contributed by atoms with Crippen molar-refractivity contribution >= 4 is 28.0 Å². The van der Waals surface area contributed by atoms with E-state index < -0.39 is 40.1 Å². The monoisotopic (exact) mass is 651 g/mol. The maximum absolute atomic E-state index is 13.0. The van der Waals surface area contributed by atoms with Gasteiger partial charge in [0.15, 0.2) is 0 Å². The number of carboxylic acid groups (broad SMARTS) is 1. The van der Waals surface area contributed by atoms with Crippen LogP contribution in [0.5, 0.6) is 5.75 Å². The fraction of sp³-hybridized carbons (Fsp3) is 0.382. The summed E-state index contributed by atoms with van der Waals surface area (Å²) in [6.45, 7) is 6.83. The number of benzene rings is 3. The molecule has 3 aromatic rings. The molecule has 0 aliphatic heterocycles. The van der Waals surface area contributed by atoms with Crippen LogP contribution in [-0.2, 0) is 24.3 Å². The molecule has 46 heavy (non-hydrogen) atoms. The van der Waals surface area contributed by atoms with E-state index >= 15 is 0 Å². The number of carbonyl (C=O) groups excluding carboxylic acids is 2. The number of nitrogens with one attached hydrogen (secondary N) is 3. The number of methoxy groups -OCH3 is 1. The first kappa shape index (κ1) is 34.5. The van der Waals surface area contributed by atoms with Crippen molar-refractivity contribution in [2.75, 3.05) is 20.3 Å². The van der Waals surface area contributed by atoms with Crippen molar-refractivity contribution in [3.63, 3.8) is 0 Å². The molecular formula is C34H41N3O8S. The molecular weight excluding hydrogens is 610 g/mol. The molecule has 246 valence electrons. The van der Waals surface area contributed by atoms with E-state index in [2.05, 4.69) is 15.4 Å². The lowest BCUT2D eigenvalue weighted by atomic mass is 9.98. The van der Waals surface area contributed by atoms with Gasteiger partial charge in [0, 0.05) is 12.5 Å². The summed E-state index contributed by atoms with van der Waals surface area (Å²) in [6.07, 6.45) is -0.0471. The first-order chi connectivity index (χ1) is 21.9. The minimum absolute atomic E-state index is 0.0696. The number of alkyl carbamates (subject to hydrolysis) is 1. The number of ether oxygens (including phenoxy) is 2. The largest absolute Gasteiger partial charge is 0.496 e. The van der Waals surface area contributed by atoms with Crippen molar-refractivity contribution in [1.82, 2.24) is 15.4 Å². The van der Waals surface area contributed by atoms with Gasteiger partial charge in [-0.3, -0.25) is 4.79 Å². The summed E-state index contributed by atoms with van der Waals surface area (Å²) in [5.74, 6) is -1.44. The van der Waals surface area contributed by atoms with Crippen LogP contribution in [0.4, 0.5) is 4.79 Å². The van der Waals surface area contributed by atoms with Crippen LogP contribution in [0, 0.1) is 20.8 Å². The molecule has 0 saturated heterocycles. The summed E-state index contributed by atoms with van der Waals surface area (Å²) in [6, 6.07) is 15.3. The van der Waals surface area contributed by atoms with Crippen molar-refractivity contribution in [1.29, 1.82) is 0 Å². The summed E-state index contributed by atoms with van der Waals surface area (Å²) >= 11 is 0. The van der Waals surface area contributed by atoms with Gasteiger partial charge in [-0.25, -0.2) is 22.7 Å². The molecule has 2 amide bonds. The molecule has 3 aromatic carbocycles. The molecule has 11 nitrogen and oxygen atoms in total. The van der Waals surface area contributed by atoms with Gasteiger partial charge in [0.25, 0.3) is 0 Å². The van der Waals surface area contributed by atoms with Crippen molar-refractivity contribution in [3.8, 4) is 16.9 Å². The average molecular weight is 652 g/mol. The SMILES string of the molecule is COc1cc(C)c(S(=O)(=O)NCCCC[C@H](NC(=O)[C@H](C)NC(=O)OCC2c3ccccc3-c3ccccc32)C(=O)O)c(C)c1C. The smallest absolute Gasteiger partial charge is 0.407 e. The fourth-order valence-corrected chi connectivity index (χ4v) is 7.43. The summed E-state index contributed by atoms with van der Waals surface area (Å²) in [4.78, 5) is 37.4. The van der Waals surface area contributed by atoms with Crippen LogP contribution in [0.1, 0.15) is 59.9 Å². The Morgan fingerprint density at radius 3 is 2.11 bits per heavy atom. The second kappa shape index (κ2) is 14.8. The molecule has 0 unspecified atom stereocenters. The molecule has 0 radical (unpaired) electrons. The van der Waals surface area contributed by atoms with E-state index in [0.29, 0.717) is 29.7 Å². The third-order valence-corrected chi connectivity index (χ3v) is 10.1. The van der Waals surface area contributed by atoms with Gasteiger partial charge in [-0.15, -0.1) is 0 Å². The molecule has 0 saturated carbocycles. The second-order valence-electron chi connectivity index (χ2n) is 11.5. The molecule has 12 heteroatoms. The lowest BCUT2D eigenvalue weighted by Crippen LogP contribution is -2.50. The number of amides is 2. The van der Waals surface area contributed by atoms with E-state index in [9.17, 15) is 27.9 Å². The molecule has 0 spiro atoms. The summed E-state index contributed by atoms with van der Waals surface area (Å²) in [7, 11) is -2.28. The minimum Gasteiger partial charge on any atom is -0.496 e. The van der Waals surface area contributed by atoms with Gasteiger partial charge >= 0.3 is 12.1 Å². The van der Waals surface area contributed by atoms with Crippen LogP contribution < -0.4 is 20.1 Å². The zero-order valence-electron chi connectivity index (χ0n) is 26.7. The third kappa shape index (κ3) is 7.68. The van der Waals surface area contributed by atoms with Crippen LogP contribution in [0.25, 0.3) is 11.1 Å². The first-order valence-corrected chi connectivity index (χ1v) is 16.6. The van der Waals surface area contributed by atoms with Crippen molar-refractivity contribution in [2.45, 2.75) is 69.9 Å². The zero-order valence-corrected chi connectivity index (χ0v) is 27.5. The number of unbranched alkanes of at least 4 members (excludes halogenated alkanes) is 1. The maximum Gasteiger partial charge on any atom is 0.407 e. The summed E-state index contributed by atoms with van der Waals surface area (Å²) in [5, 5.41) is 14.6. The first-order valence-electron chi connectivity index (χ1n) is 15.1. The van der Waals surface area contributed by atoms with E-state index in [1.54, 1.807) is 26.8 Å². The molecule has 0 aromatic heterocycles. The Balaban J connectivity index is 1.23. The Bertz CT molecular complexity index is 1680. The van der Waals surface area contributed by atoms with Crippen molar-refractivity contribution < 1.29 is 37.4 Å². The van der Waals surface area contributed by atoms with Crippen LogP contribution in [0.3, 0.4) is 0 Å². The Labute approximate surface area is 269 Å². The third-order valence-electron chi connectivity index (χ3n) is 8.36. The van der Waals surface area contributed by atoms with Gasteiger partial charge in [0.2, 0.25) is 15.9 Å². The average Bonchev–Trinajstić information content (AvgIpc) is 3.34. The van der Waals surface area contributed by atoms with Crippen molar-refractivity contribution in [3.05, 3.63) is 82.4 Å². The number of carboxylic acids is 1. The van der Waals surface area contributed by atoms with Gasteiger partial charge in [-0.1, -0.05) is 48.5 Å².